The maximum atomic E-state index is 10.8. The van der Waals surface area contributed by atoms with Gasteiger partial charge in [-0.15, -0.1) is 0 Å². The second kappa shape index (κ2) is 2.30. The molecule has 60 valence electrons. The Hall–Kier alpha value is -1.91. The minimum absolute atomic E-state index is 0.151. The molecule has 2 aromatic heterocycles. The van der Waals surface area contributed by atoms with Gasteiger partial charge in [0.05, 0.1) is 0 Å². The summed E-state index contributed by atoms with van der Waals surface area (Å²) >= 11 is 0. The normalized spacial score (nSPS) is 10.3. The fourth-order valence-electron chi connectivity index (χ4n) is 0.962. The van der Waals surface area contributed by atoms with Crippen LogP contribution < -0.4 is 5.56 Å². The number of fused-ring (bicyclic) bond motifs is 1. The molecule has 0 amide bonds. The Morgan fingerprint density at radius 1 is 1.33 bits per heavy atom. The molecule has 0 unspecified atom stereocenters. The Balaban J connectivity index is 2.99. The van der Waals surface area contributed by atoms with Crippen LogP contribution in [0.1, 0.15) is 0 Å². The average Bonchev–Trinajstić information content (AvgIpc) is 2.04. The van der Waals surface area contributed by atoms with E-state index in [2.05, 4.69) is 15.0 Å². The average molecular weight is 163 g/mol. The van der Waals surface area contributed by atoms with Gasteiger partial charge in [0.25, 0.3) is 5.56 Å². The Morgan fingerprint density at radius 3 is 2.92 bits per heavy atom. The highest BCUT2D eigenvalue weighted by atomic mass is 16.3. The lowest BCUT2D eigenvalue weighted by Crippen LogP contribution is -2.04. The van der Waals surface area contributed by atoms with Crippen molar-refractivity contribution in [3.63, 3.8) is 0 Å². The Morgan fingerprint density at radius 2 is 2.08 bits per heavy atom. The molecule has 0 aromatic carbocycles. The molecule has 2 aromatic rings. The minimum Gasteiger partial charge on any atom is -0.505 e. The number of H-pyrrole nitrogens is 1. The molecule has 0 saturated carbocycles. The fourth-order valence-corrected chi connectivity index (χ4v) is 0.962. The summed E-state index contributed by atoms with van der Waals surface area (Å²) in [6.45, 7) is 0. The van der Waals surface area contributed by atoms with Crippen LogP contribution in [0.15, 0.2) is 23.3 Å². The van der Waals surface area contributed by atoms with Crippen LogP contribution in [0.5, 0.6) is 5.75 Å². The lowest BCUT2D eigenvalue weighted by molar-refractivity contribution is 0.479. The molecule has 2 N–H and O–H groups in total. The third-order valence-electron chi connectivity index (χ3n) is 1.45. The van der Waals surface area contributed by atoms with Crippen molar-refractivity contribution in [3.05, 3.63) is 28.8 Å². The summed E-state index contributed by atoms with van der Waals surface area (Å²) in [6, 6.07) is 1.07. The highest BCUT2D eigenvalue weighted by molar-refractivity contribution is 5.75. The van der Waals surface area contributed by atoms with E-state index >= 15 is 0 Å². The van der Waals surface area contributed by atoms with E-state index < -0.39 is 0 Å². The first-order valence-corrected chi connectivity index (χ1v) is 3.30. The minimum atomic E-state index is -0.388. The van der Waals surface area contributed by atoms with Crippen molar-refractivity contribution in [2.45, 2.75) is 0 Å². The molecule has 5 heteroatoms. The first kappa shape index (κ1) is 6.78. The molecule has 2 heterocycles. The predicted molar refractivity (Wildman–Crippen MR) is 41.8 cm³/mol. The van der Waals surface area contributed by atoms with Gasteiger partial charge in [0.15, 0.2) is 11.4 Å². The van der Waals surface area contributed by atoms with E-state index in [0.717, 1.165) is 6.07 Å². The number of hydrogen-bond acceptors (Lipinski definition) is 4. The van der Waals surface area contributed by atoms with Gasteiger partial charge >= 0.3 is 0 Å². The molecule has 12 heavy (non-hydrogen) atoms. The van der Waals surface area contributed by atoms with Crippen LogP contribution in [0.25, 0.3) is 11.2 Å². The van der Waals surface area contributed by atoms with Gasteiger partial charge in [0.2, 0.25) is 0 Å². The van der Waals surface area contributed by atoms with Crippen molar-refractivity contribution >= 4 is 11.2 Å². The zero-order valence-corrected chi connectivity index (χ0v) is 5.98. The molecule has 0 bridgehead atoms. The van der Waals surface area contributed by atoms with E-state index in [1.807, 2.05) is 0 Å². The maximum Gasteiger partial charge on any atom is 0.253 e. The van der Waals surface area contributed by atoms with Gasteiger partial charge in [0, 0.05) is 18.5 Å². The van der Waals surface area contributed by atoms with Crippen molar-refractivity contribution in [2.75, 3.05) is 0 Å². The summed E-state index contributed by atoms with van der Waals surface area (Å²) in [5, 5.41) is 9.23. The largest absolute Gasteiger partial charge is 0.505 e. The second-order valence-electron chi connectivity index (χ2n) is 2.27. The molecule has 0 radical (unpaired) electrons. The zero-order chi connectivity index (χ0) is 8.55. The van der Waals surface area contributed by atoms with Gasteiger partial charge in [0.1, 0.15) is 5.52 Å². The summed E-state index contributed by atoms with van der Waals surface area (Å²) in [6.07, 6.45) is 2.89. The Labute approximate surface area is 66.7 Å². The van der Waals surface area contributed by atoms with Crippen molar-refractivity contribution in [2.24, 2.45) is 0 Å². The highest BCUT2D eigenvalue weighted by Crippen LogP contribution is 2.14. The number of nitrogens with zero attached hydrogens (tertiary/aromatic N) is 2. The van der Waals surface area contributed by atoms with Crippen molar-refractivity contribution in [1.29, 1.82) is 0 Å². The summed E-state index contributed by atoms with van der Waals surface area (Å²) in [5.41, 5.74) is 0.208. The zero-order valence-electron chi connectivity index (χ0n) is 5.98. The molecule has 0 aliphatic rings. The van der Waals surface area contributed by atoms with Crippen molar-refractivity contribution in [1.82, 2.24) is 15.0 Å². The van der Waals surface area contributed by atoms with E-state index in [-0.39, 0.29) is 11.3 Å². The van der Waals surface area contributed by atoms with Gasteiger partial charge in [-0.3, -0.25) is 4.79 Å². The quantitative estimate of drug-likeness (QED) is 0.574. The standard InChI is InChI=1S/C7H5N3O2/c11-4-3-5(12)10-7-6(4)8-1-2-9-7/h1-3H,(H2,9,10,11,12). The number of hydrogen-bond donors (Lipinski definition) is 2. The van der Waals surface area contributed by atoms with Crippen LogP contribution >= 0.6 is 0 Å². The molecule has 0 aliphatic carbocycles. The number of nitrogens with one attached hydrogen (secondary N) is 1. The molecule has 5 nitrogen and oxygen atoms in total. The first-order valence-electron chi connectivity index (χ1n) is 3.30. The molecule has 2 rings (SSSR count). The number of pyridine rings is 1. The second-order valence-corrected chi connectivity index (χ2v) is 2.27. The first-order chi connectivity index (χ1) is 5.77. The predicted octanol–water partition coefficient (Wildman–Crippen LogP) is 0.0237. The molecule has 0 spiro atoms. The maximum absolute atomic E-state index is 10.8. The molecular weight excluding hydrogens is 158 g/mol. The van der Waals surface area contributed by atoms with E-state index in [1.54, 1.807) is 0 Å². The van der Waals surface area contributed by atoms with E-state index in [9.17, 15) is 9.90 Å². The number of aromatic amines is 1. The Bertz CT molecular complexity index is 477. The number of aromatic nitrogens is 3. The van der Waals surface area contributed by atoms with Crippen molar-refractivity contribution < 1.29 is 5.11 Å². The van der Waals surface area contributed by atoms with Crippen LogP contribution in [-0.2, 0) is 0 Å². The lowest BCUT2D eigenvalue weighted by atomic mass is 10.4. The number of rotatable bonds is 0. The van der Waals surface area contributed by atoms with Gasteiger partial charge < -0.3 is 10.1 Å². The van der Waals surface area contributed by atoms with Gasteiger partial charge in [-0.25, -0.2) is 9.97 Å². The smallest absolute Gasteiger partial charge is 0.253 e. The SMILES string of the molecule is O=c1cc(O)c2nccnc2[nH]1. The molecule has 0 atom stereocenters. The molecule has 0 fully saturated rings. The summed E-state index contributed by atoms with van der Waals surface area (Å²) < 4.78 is 0. The van der Waals surface area contributed by atoms with Crippen LogP contribution in [0.3, 0.4) is 0 Å². The molecule has 0 saturated heterocycles. The summed E-state index contributed by atoms with van der Waals surface area (Å²) in [4.78, 5) is 20.9. The Kier molecular flexibility index (Phi) is 1.30. The molecular formula is C7H5N3O2. The van der Waals surface area contributed by atoms with E-state index in [1.165, 1.54) is 12.4 Å². The van der Waals surface area contributed by atoms with Crippen LogP contribution in [0.4, 0.5) is 0 Å². The number of aromatic hydroxyl groups is 1. The van der Waals surface area contributed by atoms with E-state index in [0.29, 0.717) is 11.2 Å². The van der Waals surface area contributed by atoms with Crippen LogP contribution in [-0.4, -0.2) is 20.1 Å². The third kappa shape index (κ3) is 0.914. The van der Waals surface area contributed by atoms with Gasteiger partial charge in [-0.05, 0) is 0 Å². The fraction of sp³-hybridized carbons (Fsp3) is 0. The highest BCUT2D eigenvalue weighted by Gasteiger charge is 2.01. The summed E-state index contributed by atoms with van der Waals surface area (Å²) in [7, 11) is 0. The topological polar surface area (TPSA) is 78.9 Å². The lowest BCUT2D eigenvalue weighted by Gasteiger charge is -1.95. The third-order valence-corrected chi connectivity index (χ3v) is 1.45. The van der Waals surface area contributed by atoms with Crippen LogP contribution in [0, 0.1) is 0 Å². The van der Waals surface area contributed by atoms with Crippen LogP contribution in [0.2, 0.25) is 0 Å². The van der Waals surface area contributed by atoms with Gasteiger partial charge in [-0.2, -0.15) is 0 Å². The molecule has 0 aliphatic heterocycles. The summed E-state index contributed by atoms with van der Waals surface area (Å²) in [5.74, 6) is -0.151. The van der Waals surface area contributed by atoms with Crippen molar-refractivity contribution in [3.8, 4) is 5.75 Å². The van der Waals surface area contributed by atoms with E-state index in [4.69, 9.17) is 0 Å². The monoisotopic (exact) mass is 163 g/mol. The van der Waals surface area contributed by atoms with Gasteiger partial charge in [-0.1, -0.05) is 0 Å².